The molecule has 1 amide bonds. The molecule has 2 fully saturated rings. The molecule has 2 saturated heterocycles. The number of nitrogens with zero attached hydrogens (tertiary/aromatic N) is 2. The molecular weight excluding hydrogens is 434 g/mol. The van der Waals surface area contributed by atoms with Crippen molar-refractivity contribution in [3.8, 4) is 0 Å². The molecule has 2 aromatic rings. The van der Waals surface area contributed by atoms with Crippen LogP contribution >= 0.6 is 0 Å². The molecule has 2 N–H and O–H groups in total. The lowest BCUT2D eigenvalue weighted by Gasteiger charge is -2.47. The second-order valence-electron chi connectivity index (χ2n) is 11.3. The summed E-state index contributed by atoms with van der Waals surface area (Å²) in [5.41, 5.74) is 12.5. The third kappa shape index (κ3) is 5.73. The number of aryl methyl sites for hydroxylation is 1. The highest BCUT2D eigenvalue weighted by Crippen LogP contribution is 2.37. The molecule has 0 saturated carbocycles. The van der Waals surface area contributed by atoms with Gasteiger partial charge in [-0.15, -0.1) is 0 Å². The number of likely N-dealkylation sites (tertiary alicyclic amines) is 1. The SMILES string of the molecule is Cc1cc(C(C)C)ccc1C1CCN(C)C(C2CN(c3ccc(C(C)C)cc3)C[C@@H](C(N)=O)O2)C1. The first-order valence-corrected chi connectivity index (χ1v) is 13.2. The van der Waals surface area contributed by atoms with Gasteiger partial charge in [-0.05, 0) is 85.5 Å². The first kappa shape index (κ1) is 25.7. The standard InChI is InChI=1S/C30H43N3O2/c1-19(2)22-7-10-25(11-8-22)33-17-28(35-29(18-33)30(31)34)27-16-24(13-14-32(27)6)26-12-9-23(20(3)4)15-21(26)5/h7-12,15,19-20,24,27-29H,13-14,16-18H2,1-6H3,(H2,31,34)/t24?,27?,28?,29-/m0/s1. The Hall–Kier alpha value is -2.37. The fraction of sp³-hybridized carbons (Fsp3) is 0.567. The summed E-state index contributed by atoms with van der Waals surface area (Å²) in [4.78, 5) is 17.0. The number of carbonyl (C=O) groups excluding carboxylic acids is 1. The molecular formula is C30H43N3O2. The fourth-order valence-corrected chi connectivity index (χ4v) is 5.79. The summed E-state index contributed by atoms with van der Waals surface area (Å²) in [6, 6.07) is 15.9. The zero-order valence-electron chi connectivity index (χ0n) is 22.3. The molecule has 0 bridgehead atoms. The van der Waals surface area contributed by atoms with E-state index < -0.39 is 6.10 Å². The third-order valence-corrected chi connectivity index (χ3v) is 8.12. The van der Waals surface area contributed by atoms with E-state index in [0.717, 1.165) is 31.6 Å². The van der Waals surface area contributed by atoms with Crippen LogP contribution in [0, 0.1) is 6.92 Å². The van der Waals surface area contributed by atoms with E-state index in [1.165, 1.54) is 22.3 Å². The molecule has 2 aromatic carbocycles. The molecule has 2 aliphatic rings. The summed E-state index contributed by atoms with van der Waals surface area (Å²) >= 11 is 0. The quantitative estimate of drug-likeness (QED) is 0.623. The lowest BCUT2D eigenvalue weighted by Crippen LogP contribution is -2.59. The summed E-state index contributed by atoms with van der Waals surface area (Å²) in [6.45, 7) is 13.4. The number of hydrogen-bond acceptors (Lipinski definition) is 4. The number of likely N-dealkylation sites (N-methyl/N-ethyl adjacent to an activating group) is 1. The highest BCUT2D eigenvalue weighted by atomic mass is 16.5. The van der Waals surface area contributed by atoms with Crippen LogP contribution in [0.1, 0.15) is 80.5 Å². The number of amides is 1. The highest BCUT2D eigenvalue weighted by molar-refractivity contribution is 5.80. The van der Waals surface area contributed by atoms with Crippen molar-refractivity contribution in [2.45, 2.75) is 83.5 Å². The van der Waals surface area contributed by atoms with Gasteiger partial charge in [0.1, 0.15) is 0 Å². The number of carbonyl (C=O) groups is 1. The predicted octanol–water partition coefficient (Wildman–Crippen LogP) is 5.18. The zero-order valence-corrected chi connectivity index (χ0v) is 22.3. The van der Waals surface area contributed by atoms with E-state index in [1.54, 1.807) is 0 Å². The lowest BCUT2D eigenvalue weighted by atomic mass is 9.80. The Bertz CT molecular complexity index is 1020. The minimum absolute atomic E-state index is 0.0749. The Kier molecular flexibility index (Phi) is 7.87. The normalized spacial score (nSPS) is 25.9. The first-order valence-electron chi connectivity index (χ1n) is 13.2. The van der Waals surface area contributed by atoms with Crippen molar-refractivity contribution in [3.63, 3.8) is 0 Å². The van der Waals surface area contributed by atoms with E-state index in [0.29, 0.717) is 24.3 Å². The van der Waals surface area contributed by atoms with Gasteiger partial charge in [0.25, 0.3) is 0 Å². The Labute approximate surface area is 211 Å². The van der Waals surface area contributed by atoms with Crippen LogP contribution in [-0.2, 0) is 9.53 Å². The summed E-state index contributed by atoms with van der Waals surface area (Å²) in [5.74, 6) is 1.14. The largest absolute Gasteiger partial charge is 0.367 e. The third-order valence-electron chi connectivity index (χ3n) is 8.12. The van der Waals surface area contributed by atoms with Gasteiger partial charge in [0.05, 0.1) is 12.6 Å². The monoisotopic (exact) mass is 477 g/mol. The number of morpholine rings is 1. The Morgan fingerprint density at radius 3 is 2.26 bits per heavy atom. The Morgan fingerprint density at radius 1 is 1.00 bits per heavy atom. The van der Waals surface area contributed by atoms with Crippen LogP contribution < -0.4 is 10.6 Å². The molecule has 2 aliphatic heterocycles. The number of ether oxygens (including phenoxy) is 1. The van der Waals surface area contributed by atoms with E-state index in [-0.39, 0.29) is 18.1 Å². The van der Waals surface area contributed by atoms with Gasteiger partial charge in [-0.1, -0.05) is 58.0 Å². The first-order chi connectivity index (χ1) is 16.6. The van der Waals surface area contributed by atoms with Gasteiger partial charge in [0.15, 0.2) is 6.10 Å². The van der Waals surface area contributed by atoms with Crippen molar-refractivity contribution in [1.29, 1.82) is 0 Å². The number of benzene rings is 2. The molecule has 190 valence electrons. The minimum atomic E-state index is -0.598. The smallest absolute Gasteiger partial charge is 0.248 e. The van der Waals surface area contributed by atoms with Gasteiger partial charge in [-0.25, -0.2) is 0 Å². The number of rotatable bonds is 6. The second-order valence-corrected chi connectivity index (χ2v) is 11.3. The van der Waals surface area contributed by atoms with Gasteiger partial charge >= 0.3 is 0 Å². The molecule has 0 aromatic heterocycles. The van der Waals surface area contributed by atoms with Crippen LogP contribution in [0.25, 0.3) is 0 Å². The predicted molar refractivity (Wildman–Crippen MR) is 144 cm³/mol. The van der Waals surface area contributed by atoms with Crippen LogP contribution in [0.5, 0.6) is 0 Å². The van der Waals surface area contributed by atoms with Crippen molar-refractivity contribution >= 4 is 11.6 Å². The number of hydrogen-bond donors (Lipinski definition) is 1. The van der Waals surface area contributed by atoms with Crippen molar-refractivity contribution < 1.29 is 9.53 Å². The van der Waals surface area contributed by atoms with Gasteiger partial charge in [-0.2, -0.15) is 0 Å². The molecule has 3 unspecified atom stereocenters. The number of piperidine rings is 1. The number of nitrogens with two attached hydrogens (primary N) is 1. The summed E-state index contributed by atoms with van der Waals surface area (Å²) in [6.07, 6.45) is 1.49. The maximum absolute atomic E-state index is 12.3. The Balaban J connectivity index is 1.55. The molecule has 0 spiro atoms. The summed E-state index contributed by atoms with van der Waals surface area (Å²) in [7, 11) is 2.19. The van der Waals surface area contributed by atoms with E-state index in [4.69, 9.17) is 10.5 Å². The van der Waals surface area contributed by atoms with Crippen LogP contribution in [0.4, 0.5) is 5.69 Å². The fourth-order valence-electron chi connectivity index (χ4n) is 5.79. The maximum atomic E-state index is 12.3. The highest BCUT2D eigenvalue weighted by Gasteiger charge is 2.40. The average Bonchev–Trinajstić information content (AvgIpc) is 2.84. The average molecular weight is 478 g/mol. The number of anilines is 1. The van der Waals surface area contributed by atoms with Crippen molar-refractivity contribution in [3.05, 3.63) is 64.7 Å². The molecule has 5 heteroatoms. The molecule has 2 heterocycles. The van der Waals surface area contributed by atoms with Crippen molar-refractivity contribution in [2.24, 2.45) is 5.73 Å². The van der Waals surface area contributed by atoms with Crippen LogP contribution in [-0.4, -0.2) is 55.7 Å². The van der Waals surface area contributed by atoms with E-state index in [2.05, 4.69) is 93.9 Å². The van der Waals surface area contributed by atoms with Crippen molar-refractivity contribution in [1.82, 2.24) is 4.90 Å². The number of primary amides is 1. The van der Waals surface area contributed by atoms with Crippen LogP contribution in [0.15, 0.2) is 42.5 Å². The molecule has 4 atom stereocenters. The lowest BCUT2D eigenvalue weighted by molar-refractivity contribution is -0.139. The van der Waals surface area contributed by atoms with Gasteiger partial charge in [-0.3, -0.25) is 4.79 Å². The zero-order chi connectivity index (χ0) is 25.3. The topological polar surface area (TPSA) is 58.8 Å². The summed E-state index contributed by atoms with van der Waals surface area (Å²) in [5, 5.41) is 0. The molecule has 0 radical (unpaired) electrons. The van der Waals surface area contributed by atoms with Gasteiger partial charge in [0.2, 0.25) is 5.91 Å². The minimum Gasteiger partial charge on any atom is -0.367 e. The van der Waals surface area contributed by atoms with E-state index in [1.807, 2.05) is 0 Å². The Morgan fingerprint density at radius 2 is 1.66 bits per heavy atom. The molecule has 0 aliphatic carbocycles. The van der Waals surface area contributed by atoms with Crippen LogP contribution in [0.2, 0.25) is 0 Å². The van der Waals surface area contributed by atoms with Crippen molar-refractivity contribution in [2.75, 3.05) is 31.6 Å². The molecule has 4 rings (SSSR count). The van der Waals surface area contributed by atoms with Gasteiger partial charge in [0, 0.05) is 18.3 Å². The molecule has 5 nitrogen and oxygen atoms in total. The maximum Gasteiger partial charge on any atom is 0.248 e. The van der Waals surface area contributed by atoms with E-state index in [9.17, 15) is 4.79 Å². The van der Waals surface area contributed by atoms with Gasteiger partial charge < -0.3 is 20.3 Å². The molecule has 35 heavy (non-hydrogen) atoms. The van der Waals surface area contributed by atoms with E-state index >= 15 is 0 Å². The second kappa shape index (κ2) is 10.7. The van der Waals surface area contributed by atoms with Crippen LogP contribution in [0.3, 0.4) is 0 Å². The summed E-state index contributed by atoms with van der Waals surface area (Å²) < 4.78 is 6.38.